The minimum atomic E-state index is 0.797. The van der Waals surface area contributed by atoms with Crippen molar-refractivity contribution >= 4 is 5.96 Å². The van der Waals surface area contributed by atoms with Crippen LogP contribution in [0.15, 0.2) is 41.9 Å². The molecule has 5 heteroatoms. The number of nitrogens with zero attached hydrogens (tertiary/aromatic N) is 3. The number of ether oxygens (including phenoxy) is 1. The van der Waals surface area contributed by atoms with Gasteiger partial charge in [-0.1, -0.05) is 36.8 Å². The average molecular weight is 373 g/mol. The molecule has 0 aliphatic carbocycles. The molecule has 1 aliphatic rings. The second kappa shape index (κ2) is 12.5. The first-order valence-electron chi connectivity index (χ1n) is 10.1. The molecular formula is C22H36N4O. The zero-order valence-electron chi connectivity index (χ0n) is 17.1. The summed E-state index contributed by atoms with van der Waals surface area (Å²) >= 11 is 0. The maximum absolute atomic E-state index is 5.41. The van der Waals surface area contributed by atoms with E-state index in [2.05, 4.69) is 58.0 Å². The predicted octanol–water partition coefficient (Wildman–Crippen LogP) is 3.27. The van der Waals surface area contributed by atoms with Crippen LogP contribution in [0.25, 0.3) is 0 Å². The molecule has 0 spiro atoms. The fourth-order valence-electron chi connectivity index (χ4n) is 3.27. The summed E-state index contributed by atoms with van der Waals surface area (Å²) in [4.78, 5) is 9.07. The Bertz CT molecular complexity index is 564. The number of morpholine rings is 1. The molecule has 0 atom stereocenters. The molecule has 0 aromatic heterocycles. The number of guanidine groups is 1. The summed E-state index contributed by atoms with van der Waals surface area (Å²) in [5.41, 5.74) is 2.64. The third-order valence-electron chi connectivity index (χ3n) is 4.96. The SMILES string of the molecule is C=CCCCCCN(C)C(=NC)NCc1ccc(CN2CCOCC2)cc1. The number of nitrogens with one attached hydrogen (secondary N) is 1. The van der Waals surface area contributed by atoms with E-state index in [1.165, 1.54) is 30.4 Å². The van der Waals surface area contributed by atoms with E-state index >= 15 is 0 Å². The molecular weight excluding hydrogens is 336 g/mol. The highest BCUT2D eigenvalue weighted by Crippen LogP contribution is 2.09. The van der Waals surface area contributed by atoms with Gasteiger partial charge < -0.3 is 15.0 Å². The Morgan fingerprint density at radius 3 is 2.56 bits per heavy atom. The van der Waals surface area contributed by atoms with Crippen molar-refractivity contribution in [2.75, 3.05) is 46.9 Å². The van der Waals surface area contributed by atoms with Gasteiger partial charge >= 0.3 is 0 Å². The molecule has 1 aliphatic heterocycles. The number of rotatable bonds is 10. The second-order valence-corrected chi connectivity index (χ2v) is 7.17. The summed E-state index contributed by atoms with van der Waals surface area (Å²) in [5.74, 6) is 0.955. The Morgan fingerprint density at radius 2 is 1.89 bits per heavy atom. The maximum atomic E-state index is 5.41. The lowest BCUT2D eigenvalue weighted by Gasteiger charge is -2.26. The number of unbranched alkanes of at least 4 members (excludes halogenated alkanes) is 3. The third kappa shape index (κ3) is 8.14. The molecule has 1 aromatic rings. The molecule has 150 valence electrons. The first-order valence-corrected chi connectivity index (χ1v) is 10.1. The van der Waals surface area contributed by atoms with Gasteiger partial charge in [-0.25, -0.2) is 0 Å². The lowest BCUT2D eigenvalue weighted by molar-refractivity contribution is 0.0342. The van der Waals surface area contributed by atoms with Crippen LogP contribution in [0.2, 0.25) is 0 Å². The van der Waals surface area contributed by atoms with Crippen LogP contribution in [-0.4, -0.2) is 62.7 Å². The predicted molar refractivity (Wildman–Crippen MR) is 114 cm³/mol. The molecule has 1 saturated heterocycles. The quantitative estimate of drug-likeness (QED) is 0.296. The highest BCUT2D eigenvalue weighted by atomic mass is 16.5. The number of hydrogen-bond acceptors (Lipinski definition) is 3. The van der Waals surface area contributed by atoms with Crippen molar-refractivity contribution in [1.29, 1.82) is 0 Å². The van der Waals surface area contributed by atoms with Crippen molar-refractivity contribution in [3.05, 3.63) is 48.0 Å². The van der Waals surface area contributed by atoms with Crippen LogP contribution in [0.5, 0.6) is 0 Å². The third-order valence-corrected chi connectivity index (χ3v) is 4.96. The molecule has 1 heterocycles. The highest BCUT2D eigenvalue weighted by Gasteiger charge is 2.10. The van der Waals surface area contributed by atoms with Gasteiger partial charge in [0.2, 0.25) is 0 Å². The summed E-state index contributed by atoms with van der Waals surface area (Å²) in [7, 11) is 3.95. The van der Waals surface area contributed by atoms with Crippen LogP contribution >= 0.6 is 0 Å². The van der Waals surface area contributed by atoms with Gasteiger partial charge in [-0.3, -0.25) is 9.89 Å². The number of hydrogen-bond donors (Lipinski definition) is 1. The lowest BCUT2D eigenvalue weighted by Crippen LogP contribution is -2.39. The highest BCUT2D eigenvalue weighted by molar-refractivity contribution is 5.79. The summed E-state index contributed by atoms with van der Waals surface area (Å²) in [6.45, 7) is 10.4. The molecule has 0 bridgehead atoms. The first kappa shape index (κ1) is 21.5. The fraction of sp³-hybridized carbons (Fsp3) is 0.591. The minimum absolute atomic E-state index is 0.797. The lowest BCUT2D eigenvalue weighted by atomic mass is 10.1. The van der Waals surface area contributed by atoms with Crippen LogP contribution < -0.4 is 5.32 Å². The van der Waals surface area contributed by atoms with E-state index in [1.807, 2.05) is 13.1 Å². The number of benzene rings is 1. The average Bonchev–Trinajstić information content (AvgIpc) is 2.70. The van der Waals surface area contributed by atoms with Crippen molar-refractivity contribution in [2.45, 2.75) is 38.8 Å². The van der Waals surface area contributed by atoms with E-state index in [-0.39, 0.29) is 0 Å². The van der Waals surface area contributed by atoms with Crippen molar-refractivity contribution in [3.8, 4) is 0 Å². The van der Waals surface area contributed by atoms with E-state index < -0.39 is 0 Å². The van der Waals surface area contributed by atoms with E-state index in [9.17, 15) is 0 Å². The van der Waals surface area contributed by atoms with Crippen LogP contribution in [0.4, 0.5) is 0 Å². The Kier molecular flexibility index (Phi) is 9.95. The normalized spacial score (nSPS) is 15.6. The topological polar surface area (TPSA) is 40.1 Å². The smallest absolute Gasteiger partial charge is 0.193 e. The molecule has 1 fully saturated rings. The van der Waals surface area contributed by atoms with Gasteiger partial charge in [-0.15, -0.1) is 6.58 Å². The van der Waals surface area contributed by atoms with Crippen LogP contribution in [0.1, 0.15) is 36.8 Å². The largest absolute Gasteiger partial charge is 0.379 e. The van der Waals surface area contributed by atoms with Crippen molar-refractivity contribution in [1.82, 2.24) is 15.1 Å². The summed E-state index contributed by atoms with van der Waals surface area (Å²) < 4.78 is 5.41. The summed E-state index contributed by atoms with van der Waals surface area (Å²) in [6.07, 6.45) is 6.74. The van der Waals surface area contributed by atoms with Crippen molar-refractivity contribution in [2.24, 2.45) is 4.99 Å². The fourth-order valence-corrected chi connectivity index (χ4v) is 3.27. The monoisotopic (exact) mass is 372 g/mol. The van der Waals surface area contributed by atoms with E-state index in [1.54, 1.807) is 0 Å². The first-order chi connectivity index (χ1) is 13.2. The van der Waals surface area contributed by atoms with E-state index in [0.717, 1.165) is 58.3 Å². The zero-order chi connectivity index (χ0) is 19.3. The Hall–Kier alpha value is -1.85. The maximum Gasteiger partial charge on any atom is 0.193 e. The Balaban J connectivity index is 1.72. The van der Waals surface area contributed by atoms with Crippen molar-refractivity contribution in [3.63, 3.8) is 0 Å². The second-order valence-electron chi connectivity index (χ2n) is 7.17. The van der Waals surface area contributed by atoms with Gasteiger partial charge in [-0.2, -0.15) is 0 Å². The van der Waals surface area contributed by atoms with Gasteiger partial charge in [-0.05, 0) is 30.4 Å². The zero-order valence-corrected chi connectivity index (χ0v) is 17.1. The number of aliphatic imine (C=N–C) groups is 1. The van der Waals surface area contributed by atoms with E-state index in [4.69, 9.17) is 4.74 Å². The van der Waals surface area contributed by atoms with E-state index in [0.29, 0.717) is 0 Å². The van der Waals surface area contributed by atoms with Gasteiger partial charge in [0.05, 0.1) is 13.2 Å². The standard InChI is InChI=1S/C22H36N4O/c1-4-5-6-7-8-13-25(3)22(23-2)24-18-20-9-11-21(12-10-20)19-26-14-16-27-17-15-26/h4,9-12H,1,5-8,13-19H2,2-3H3,(H,23,24). The molecule has 2 rings (SSSR count). The summed E-state index contributed by atoms with van der Waals surface area (Å²) in [5, 5.41) is 3.47. The van der Waals surface area contributed by atoms with Gasteiger partial charge in [0.25, 0.3) is 0 Å². The minimum Gasteiger partial charge on any atom is -0.379 e. The molecule has 0 saturated carbocycles. The van der Waals surface area contributed by atoms with Crippen LogP contribution in [0.3, 0.4) is 0 Å². The molecule has 0 radical (unpaired) electrons. The molecule has 0 unspecified atom stereocenters. The Labute approximate surface area is 165 Å². The van der Waals surface area contributed by atoms with Gasteiger partial charge in [0.15, 0.2) is 5.96 Å². The molecule has 0 amide bonds. The molecule has 5 nitrogen and oxygen atoms in total. The van der Waals surface area contributed by atoms with Crippen LogP contribution in [0, 0.1) is 0 Å². The van der Waals surface area contributed by atoms with Gasteiger partial charge in [0, 0.05) is 46.8 Å². The number of allylic oxidation sites excluding steroid dienone is 1. The summed E-state index contributed by atoms with van der Waals surface area (Å²) in [6, 6.07) is 8.90. The molecule has 1 aromatic carbocycles. The van der Waals surface area contributed by atoms with Gasteiger partial charge in [0.1, 0.15) is 0 Å². The molecule has 1 N–H and O–H groups in total. The Morgan fingerprint density at radius 1 is 1.19 bits per heavy atom. The van der Waals surface area contributed by atoms with Crippen molar-refractivity contribution < 1.29 is 4.74 Å². The molecule has 27 heavy (non-hydrogen) atoms. The van der Waals surface area contributed by atoms with Crippen LogP contribution in [-0.2, 0) is 17.8 Å².